The first-order valence-electron chi connectivity index (χ1n) is 10.6. The molecule has 0 spiro atoms. The number of nitrogens with one attached hydrogen (secondary N) is 1. The second kappa shape index (κ2) is 10.1. The van der Waals surface area contributed by atoms with Crippen molar-refractivity contribution in [1.82, 2.24) is 5.32 Å². The van der Waals surface area contributed by atoms with Crippen molar-refractivity contribution in [3.63, 3.8) is 0 Å². The number of carbonyl (C=O) groups excluding carboxylic acids is 3. The van der Waals surface area contributed by atoms with Crippen LogP contribution in [0.5, 0.6) is 11.5 Å². The Bertz CT molecular complexity index is 1400. The molecule has 2 N–H and O–H groups in total. The van der Waals surface area contributed by atoms with Gasteiger partial charge in [-0.2, -0.15) is 0 Å². The van der Waals surface area contributed by atoms with E-state index in [1.165, 1.54) is 43.5 Å². The number of aromatic carboxylic acids is 1. The zero-order valence-electron chi connectivity index (χ0n) is 18.9. The molecule has 0 bridgehead atoms. The number of nitrogens with zero attached hydrogens (tertiary/aromatic N) is 1. The molecule has 182 valence electrons. The molecule has 0 aromatic heterocycles. The molecule has 0 aliphatic carbocycles. The number of imide groups is 2. The molecule has 9 nitrogen and oxygen atoms in total. The van der Waals surface area contributed by atoms with Gasteiger partial charge in [0.1, 0.15) is 18.0 Å². The number of amides is 4. The first-order valence-corrected chi connectivity index (χ1v) is 10.6. The number of benzene rings is 3. The third-order valence-electron chi connectivity index (χ3n) is 5.26. The van der Waals surface area contributed by atoms with Crippen LogP contribution in [0.4, 0.5) is 14.9 Å². The lowest BCUT2D eigenvalue weighted by Gasteiger charge is -2.26. The fraction of sp³-hybridized carbons (Fsp3) is 0.0769. The summed E-state index contributed by atoms with van der Waals surface area (Å²) in [6, 6.07) is 14.8. The molecule has 0 atom stereocenters. The molecule has 1 aliphatic heterocycles. The van der Waals surface area contributed by atoms with Gasteiger partial charge < -0.3 is 14.6 Å². The highest BCUT2D eigenvalue weighted by molar-refractivity contribution is 6.39. The number of anilines is 1. The van der Waals surface area contributed by atoms with Crippen LogP contribution in [0.2, 0.25) is 0 Å². The highest BCUT2D eigenvalue weighted by atomic mass is 19.1. The fourth-order valence-corrected chi connectivity index (χ4v) is 3.47. The van der Waals surface area contributed by atoms with E-state index in [2.05, 4.69) is 5.32 Å². The summed E-state index contributed by atoms with van der Waals surface area (Å²) >= 11 is 0. The van der Waals surface area contributed by atoms with E-state index in [0.29, 0.717) is 22.0 Å². The fourth-order valence-electron chi connectivity index (χ4n) is 3.47. The Morgan fingerprint density at radius 1 is 1.03 bits per heavy atom. The molecule has 36 heavy (non-hydrogen) atoms. The minimum Gasteiger partial charge on any atom is -0.493 e. The van der Waals surface area contributed by atoms with E-state index in [9.17, 15) is 23.6 Å². The summed E-state index contributed by atoms with van der Waals surface area (Å²) in [7, 11) is 1.42. The summed E-state index contributed by atoms with van der Waals surface area (Å²) in [4.78, 5) is 49.3. The molecular formula is C26H19FN2O7. The lowest BCUT2D eigenvalue weighted by Crippen LogP contribution is -2.54. The lowest BCUT2D eigenvalue weighted by atomic mass is 10.1. The molecule has 1 aliphatic rings. The molecular weight excluding hydrogens is 471 g/mol. The maximum absolute atomic E-state index is 13.6. The number of methoxy groups -OCH3 is 1. The molecule has 1 fully saturated rings. The van der Waals surface area contributed by atoms with Gasteiger partial charge in [-0.25, -0.2) is 18.9 Å². The zero-order valence-corrected chi connectivity index (χ0v) is 18.9. The number of carboxylic acids is 1. The third-order valence-corrected chi connectivity index (χ3v) is 5.26. The number of hydrogen-bond acceptors (Lipinski definition) is 6. The summed E-state index contributed by atoms with van der Waals surface area (Å²) in [5, 5.41) is 11.1. The minimum atomic E-state index is -1.03. The van der Waals surface area contributed by atoms with Gasteiger partial charge in [0.05, 0.1) is 18.4 Å². The molecule has 0 radical (unpaired) electrons. The predicted octanol–water partition coefficient (Wildman–Crippen LogP) is 3.78. The first-order chi connectivity index (χ1) is 17.3. The van der Waals surface area contributed by atoms with Crippen LogP contribution in [0.3, 0.4) is 0 Å². The molecule has 3 aromatic rings. The van der Waals surface area contributed by atoms with E-state index in [4.69, 9.17) is 14.6 Å². The first kappa shape index (κ1) is 24.1. The van der Waals surface area contributed by atoms with Crippen LogP contribution in [0.25, 0.3) is 6.08 Å². The van der Waals surface area contributed by atoms with Crippen molar-refractivity contribution in [3.8, 4) is 11.5 Å². The lowest BCUT2D eigenvalue weighted by molar-refractivity contribution is -0.122. The van der Waals surface area contributed by atoms with Crippen LogP contribution in [-0.4, -0.2) is 36.0 Å². The Balaban J connectivity index is 1.56. The van der Waals surface area contributed by atoms with Gasteiger partial charge in [-0.3, -0.25) is 14.9 Å². The van der Waals surface area contributed by atoms with E-state index >= 15 is 0 Å². The van der Waals surface area contributed by atoms with Crippen LogP contribution in [0.15, 0.2) is 72.3 Å². The number of hydrogen-bond donors (Lipinski definition) is 2. The van der Waals surface area contributed by atoms with E-state index in [1.54, 1.807) is 30.3 Å². The number of barbiturate groups is 1. The summed E-state index contributed by atoms with van der Waals surface area (Å²) in [6.45, 7) is 0.141. The summed E-state index contributed by atoms with van der Waals surface area (Å²) < 4.78 is 24.8. The summed E-state index contributed by atoms with van der Waals surface area (Å²) in [5.74, 6) is -2.78. The maximum atomic E-state index is 13.6. The van der Waals surface area contributed by atoms with Gasteiger partial charge in [-0.1, -0.05) is 24.3 Å². The molecule has 1 saturated heterocycles. The van der Waals surface area contributed by atoms with E-state index < -0.39 is 29.6 Å². The van der Waals surface area contributed by atoms with Crippen LogP contribution in [0, 0.1) is 5.82 Å². The van der Waals surface area contributed by atoms with Gasteiger partial charge in [0.2, 0.25) is 0 Å². The Morgan fingerprint density at radius 2 is 1.78 bits per heavy atom. The smallest absolute Gasteiger partial charge is 0.335 e. The van der Waals surface area contributed by atoms with E-state index in [0.717, 1.165) is 11.6 Å². The molecule has 4 amide bonds. The molecule has 4 rings (SSSR count). The highest BCUT2D eigenvalue weighted by Crippen LogP contribution is 2.30. The van der Waals surface area contributed by atoms with Gasteiger partial charge in [0.15, 0.2) is 11.5 Å². The second-order valence-electron chi connectivity index (χ2n) is 7.64. The average Bonchev–Trinajstić information content (AvgIpc) is 2.85. The van der Waals surface area contributed by atoms with Gasteiger partial charge in [-0.05, 0) is 59.7 Å². The normalized spacial score (nSPS) is 14.6. The van der Waals surface area contributed by atoms with Crippen molar-refractivity contribution in [2.45, 2.75) is 6.61 Å². The largest absolute Gasteiger partial charge is 0.493 e. The molecule has 0 unspecified atom stereocenters. The van der Waals surface area contributed by atoms with Crippen LogP contribution >= 0.6 is 0 Å². The van der Waals surface area contributed by atoms with E-state index in [-0.39, 0.29) is 23.4 Å². The van der Waals surface area contributed by atoms with Crippen molar-refractivity contribution in [1.29, 1.82) is 0 Å². The number of halogens is 1. The summed E-state index contributed by atoms with van der Waals surface area (Å²) in [6.07, 6.45) is 1.29. The minimum absolute atomic E-state index is 0.0198. The second-order valence-corrected chi connectivity index (χ2v) is 7.64. The zero-order chi connectivity index (χ0) is 25.8. The average molecular weight is 490 g/mol. The number of ether oxygens (including phenoxy) is 2. The molecule has 3 aromatic carbocycles. The Kier molecular flexibility index (Phi) is 6.77. The number of rotatable bonds is 7. The van der Waals surface area contributed by atoms with Gasteiger partial charge in [-0.15, -0.1) is 0 Å². The molecule has 0 saturated carbocycles. The standard InChI is InChI=1S/C26H19FN2O7/c1-35-22-12-16(7-10-21(22)36-14-15-5-8-17(9-6-15)25(32)33)11-20-23(30)28-26(34)29(24(20)31)19-4-2-3-18(27)13-19/h2-13H,14H2,1H3,(H,32,33)(H,28,30,34)/b20-11+. The van der Waals surface area contributed by atoms with Crippen molar-refractivity contribution >= 4 is 35.6 Å². The topological polar surface area (TPSA) is 122 Å². The van der Waals surface area contributed by atoms with Crippen molar-refractivity contribution in [3.05, 3.63) is 94.8 Å². The van der Waals surface area contributed by atoms with Crippen LogP contribution in [-0.2, 0) is 16.2 Å². The van der Waals surface area contributed by atoms with Gasteiger partial charge >= 0.3 is 12.0 Å². The number of urea groups is 1. The van der Waals surface area contributed by atoms with Gasteiger partial charge in [0.25, 0.3) is 11.8 Å². The molecule has 1 heterocycles. The highest BCUT2D eigenvalue weighted by Gasteiger charge is 2.37. The summed E-state index contributed by atoms with van der Waals surface area (Å²) in [5.41, 5.74) is 0.964. The Hall–Kier alpha value is -4.99. The van der Waals surface area contributed by atoms with Crippen molar-refractivity contribution in [2.75, 3.05) is 12.0 Å². The number of carbonyl (C=O) groups is 4. The third kappa shape index (κ3) is 5.07. The quantitative estimate of drug-likeness (QED) is 0.382. The monoisotopic (exact) mass is 490 g/mol. The van der Waals surface area contributed by atoms with Crippen LogP contribution < -0.4 is 19.7 Å². The van der Waals surface area contributed by atoms with Crippen molar-refractivity contribution in [2.24, 2.45) is 0 Å². The Labute approximate surface area is 204 Å². The molecule has 10 heteroatoms. The SMILES string of the molecule is COc1cc(/C=C2\C(=O)NC(=O)N(c3cccc(F)c3)C2=O)ccc1OCc1ccc(C(=O)O)cc1. The number of carboxylic acid groups (broad SMARTS) is 1. The van der Waals surface area contributed by atoms with Crippen LogP contribution in [0.1, 0.15) is 21.5 Å². The van der Waals surface area contributed by atoms with Crippen molar-refractivity contribution < 1.29 is 38.1 Å². The maximum Gasteiger partial charge on any atom is 0.335 e. The Morgan fingerprint density at radius 3 is 2.44 bits per heavy atom. The van der Waals surface area contributed by atoms with E-state index in [1.807, 2.05) is 0 Å². The van der Waals surface area contributed by atoms with Gasteiger partial charge in [0, 0.05) is 0 Å². The predicted molar refractivity (Wildman–Crippen MR) is 126 cm³/mol.